The molecule has 2 aromatic carbocycles. The van der Waals surface area contributed by atoms with Crippen LogP contribution in [0.5, 0.6) is 0 Å². The third-order valence-electron chi connectivity index (χ3n) is 8.28. The van der Waals surface area contributed by atoms with Gasteiger partial charge in [-0.2, -0.15) is 0 Å². The maximum atomic E-state index is 13.1. The summed E-state index contributed by atoms with van der Waals surface area (Å²) in [6.07, 6.45) is 2.99. The van der Waals surface area contributed by atoms with E-state index in [4.69, 9.17) is 23.7 Å². The number of alkyl carbamates (subject to hydrolysis) is 1. The minimum absolute atomic E-state index is 0.0621. The summed E-state index contributed by atoms with van der Waals surface area (Å²) in [7, 11) is 1.27. The summed E-state index contributed by atoms with van der Waals surface area (Å²) in [5, 5.41) is 5.56. The summed E-state index contributed by atoms with van der Waals surface area (Å²) < 4.78 is 29.6. The number of ether oxygens (including phenoxy) is 5. The Bertz CT molecular complexity index is 1690. The van der Waals surface area contributed by atoms with Crippen LogP contribution in [0, 0.1) is 13.8 Å². The van der Waals surface area contributed by atoms with E-state index >= 15 is 0 Å². The normalized spacial score (nSPS) is 16.8. The van der Waals surface area contributed by atoms with Crippen LogP contribution in [0.3, 0.4) is 0 Å². The molecule has 1 aromatic heterocycles. The lowest BCUT2D eigenvalue weighted by molar-refractivity contribution is -0.121. The fourth-order valence-electron chi connectivity index (χ4n) is 5.48. The van der Waals surface area contributed by atoms with Gasteiger partial charge in [-0.1, -0.05) is 41.8 Å². The molecule has 0 aliphatic carbocycles. The summed E-state index contributed by atoms with van der Waals surface area (Å²) in [6.45, 7) is 9.54. The molecule has 13 heteroatoms. The van der Waals surface area contributed by atoms with E-state index in [1.165, 1.54) is 7.11 Å². The maximum Gasteiger partial charge on any atom is 0.407 e. The zero-order valence-electron chi connectivity index (χ0n) is 30.7. The molecule has 0 spiro atoms. The van der Waals surface area contributed by atoms with Gasteiger partial charge in [-0.05, 0) is 71.7 Å². The Morgan fingerprint density at radius 2 is 1.46 bits per heavy atom. The zero-order valence-corrected chi connectivity index (χ0v) is 30.7. The van der Waals surface area contributed by atoms with Crippen LogP contribution in [0.15, 0.2) is 60.9 Å². The Morgan fingerprint density at radius 1 is 0.827 bits per heavy atom. The highest BCUT2D eigenvalue weighted by molar-refractivity contribution is 5.91. The van der Waals surface area contributed by atoms with Crippen molar-refractivity contribution in [2.75, 3.05) is 20.3 Å². The lowest BCUT2D eigenvalue weighted by atomic mass is 10.1. The van der Waals surface area contributed by atoms with Gasteiger partial charge in [-0.3, -0.25) is 4.79 Å². The largest absolute Gasteiger partial charge is 0.465 e. The SMILES string of the molecule is COC(=O)c1cn([C@H]2C[C@H](OC(=O)c3ccc(C)cc3)[C@@H](COC(=O)c3ccc(C)cc3)O2)cc1CNC(=O)CCCCCNC(=O)OC(C)(C)C. The Balaban J connectivity index is 1.38. The minimum Gasteiger partial charge on any atom is -0.465 e. The minimum atomic E-state index is -0.805. The van der Waals surface area contributed by atoms with Gasteiger partial charge in [-0.25, -0.2) is 19.2 Å². The molecule has 4 rings (SSSR count). The molecule has 0 radical (unpaired) electrons. The maximum absolute atomic E-state index is 13.1. The van der Waals surface area contributed by atoms with Crippen LogP contribution >= 0.6 is 0 Å². The molecule has 0 bridgehead atoms. The van der Waals surface area contributed by atoms with Gasteiger partial charge in [-0.15, -0.1) is 0 Å². The number of carbonyl (C=O) groups excluding carboxylic acids is 5. The lowest BCUT2D eigenvalue weighted by Crippen LogP contribution is -2.33. The second-order valence-electron chi connectivity index (χ2n) is 13.8. The number of amides is 2. The number of aromatic nitrogens is 1. The molecule has 280 valence electrons. The Labute approximate surface area is 304 Å². The van der Waals surface area contributed by atoms with Gasteiger partial charge in [0.1, 0.15) is 30.6 Å². The number of esters is 3. The molecule has 52 heavy (non-hydrogen) atoms. The molecule has 2 heterocycles. The number of unbranched alkanes of at least 4 members (excludes halogenated alkanes) is 2. The molecule has 13 nitrogen and oxygen atoms in total. The topological polar surface area (TPSA) is 160 Å². The van der Waals surface area contributed by atoms with E-state index in [2.05, 4.69) is 10.6 Å². The molecular weight excluding hydrogens is 670 g/mol. The van der Waals surface area contributed by atoms with Crippen molar-refractivity contribution in [2.24, 2.45) is 0 Å². The van der Waals surface area contributed by atoms with Gasteiger partial charge < -0.3 is 38.9 Å². The standard InChI is InChI=1S/C39H49N3O10/c1-25-11-15-27(16-12-25)35(44)49-24-32-31(51-36(45)28-17-13-26(2)14-18-28)20-34(50-32)42-22-29(30(23-42)37(46)48-6)21-41-33(43)10-8-7-9-19-40-38(47)52-39(3,4)5/h11-18,22-23,31-32,34H,7-10,19-21,24H2,1-6H3,(H,40,47)(H,41,43)/t31-,32+,34+/m0/s1. The number of hydrogen-bond donors (Lipinski definition) is 2. The van der Waals surface area contributed by atoms with E-state index in [0.29, 0.717) is 36.1 Å². The lowest BCUT2D eigenvalue weighted by Gasteiger charge is -2.19. The fraction of sp³-hybridized carbons (Fsp3) is 0.462. The highest BCUT2D eigenvalue weighted by Crippen LogP contribution is 2.33. The Kier molecular flexibility index (Phi) is 14.0. The molecular formula is C39H49N3O10. The van der Waals surface area contributed by atoms with Crippen LogP contribution in [0.25, 0.3) is 0 Å². The number of benzene rings is 2. The van der Waals surface area contributed by atoms with Crippen molar-refractivity contribution < 1.29 is 47.7 Å². The molecule has 3 aromatic rings. The molecule has 2 N–H and O–H groups in total. The molecule has 3 atom stereocenters. The van der Waals surface area contributed by atoms with Crippen LogP contribution in [-0.4, -0.2) is 72.5 Å². The van der Waals surface area contributed by atoms with E-state index in [-0.39, 0.29) is 37.5 Å². The fourth-order valence-corrected chi connectivity index (χ4v) is 5.48. The van der Waals surface area contributed by atoms with E-state index in [9.17, 15) is 24.0 Å². The van der Waals surface area contributed by atoms with Crippen LogP contribution < -0.4 is 10.6 Å². The molecule has 0 unspecified atom stereocenters. The molecule has 1 saturated heterocycles. The number of nitrogens with one attached hydrogen (secondary N) is 2. The van der Waals surface area contributed by atoms with Crippen molar-refractivity contribution >= 4 is 29.9 Å². The first-order valence-electron chi connectivity index (χ1n) is 17.4. The van der Waals surface area contributed by atoms with Crippen molar-refractivity contribution in [3.63, 3.8) is 0 Å². The number of methoxy groups -OCH3 is 1. The second kappa shape index (κ2) is 18.4. The van der Waals surface area contributed by atoms with E-state index < -0.39 is 48.0 Å². The van der Waals surface area contributed by atoms with Crippen molar-refractivity contribution in [3.8, 4) is 0 Å². The average Bonchev–Trinajstić information content (AvgIpc) is 3.71. The van der Waals surface area contributed by atoms with E-state index in [1.807, 2.05) is 38.1 Å². The second-order valence-corrected chi connectivity index (χ2v) is 13.8. The molecule has 1 aliphatic rings. The number of hydrogen-bond acceptors (Lipinski definition) is 10. The zero-order chi connectivity index (χ0) is 37.8. The first-order chi connectivity index (χ1) is 24.7. The van der Waals surface area contributed by atoms with Crippen molar-refractivity contribution in [3.05, 3.63) is 94.3 Å². The summed E-state index contributed by atoms with van der Waals surface area (Å²) in [5.74, 6) is -1.88. The average molecular weight is 720 g/mol. The van der Waals surface area contributed by atoms with Crippen LogP contribution in [0.1, 0.15) is 107 Å². The monoisotopic (exact) mass is 719 g/mol. The van der Waals surface area contributed by atoms with Crippen LogP contribution in [0.4, 0.5) is 4.79 Å². The third kappa shape index (κ3) is 12.0. The number of carbonyl (C=O) groups is 5. The smallest absolute Gasteiger partial charge is 0.407 e. The number of rotatable bonds is 15. The first kappa shape index (κ1) is 39.6. The molecule has 1 fully saturated rings. The number of aryl methyl sites for hydroxylation is 2. The molecule has 0 saturated carbocycles. The van der Waals surface area contributed by atoms with Gasteiger partial charge >= 0.3 is 24.0 Å². The Morgan fingerprint density at radius 3 is 2.08 bits per heavy atom. The van der Waals surface area contributed by atoms with Gasteiger partial charge in [0.05, 0.1) is 23.8 Å². The summed E-state index contributed by atoms with van der Waals surface area (Å²) in [6, 6.07) is 13.9. The van der Waals surface area contributed by atoms with Gasteiger partial charge in [0.2, 0.25) is 5.91 Å². The summed E-state index contributed by atoms with van der Waals surface area (Å²) >= 11 is 0. The van der Waals surface area contributed by atoms with E-state index in [1.54, 1.807) is 62.0 Å². The van der Waals surface area contributed by atoms with Gasteiger partial charge in [0.15, 0.2) is 0 Å². The summed E-state index contributed by atoms with van der Waals surface area (Å²) in [4.78, 5) is 63.1. The van der Waals surface area contributed by atoms with E-state index in [0.717, 1.165) is 17.5 Å². The van der Waals surface area contributed by atoms with Gasteiger partial charge in [0, 0.05) is 43.9 Å². The van der Waals surface area contributed by atoms with Crippen molar-refractivity contribution in [2.45, 2.75) is 97.3 Å². The predicted octanol–water partition coefficient (Wildman–Crippen LogP) is 5.96. The van der Waals surface area contributed by atoms with Crippen LogP contribution in [0.2, 0.25) is 0 Å². The summed E-state index contributed by atoms with van der Waals surface area (Å²) in [5.41, 5.74) is 2.92. The molecule has 1 aliphatic heterocycles. The quantitative estimate of drug-likeness (QED) is 0.109. The highest BCUT2D eigenvalue weighted by Gasteiger charge is 2.40. The highest BCUT2D eigenvalue weighted by atomic mass is 16.6. The Hall–Kier alpha value is -5.17. The first-order valence-corrected chi connectivity index (χ1v) is 17.4. The predicted molar refractivity (Wildman–Crippen MR) is 191 cm³/mol. The van der Waals surface area contributed by atoms with Gasteiger partial charge in [0.25, 0.3) is 0 Å². The number of nitrogens with zero attached hydrogens (tertiary/aromatic N) is 1. The molecule has 2 amide bonds. The van der Waals surface area contributed by atoms with Crippen molar-refractivity contribution in [1.29, 1.82) is 0 Å². The third-order valence-corrected chi connectivity index (χ3v) is 8.28. The van der Waals surface area contributed by atoms with Crippen molar-refractivity contribution in [1.82, 2.24) is 15.2 Å². The van der Waals surface area contributed by atoms with Crippen LogP contribution in [-0.2, 0) is 35.0 Å².